The minimum Gasteiger partial charge on any atom is -0.497 e. The summed E-state index contributed by atoms with van der Waals surface area (Å²) < 4.78 is 5.69. The number of methoxy groups -OCH3 is 1. The molecular formula is C69H80N4O. The molecule has 382 valence electrons. The third-order valence-corrected chi connectivity index (χ3v) is 15.0. The van der Waals surface area contributed by atoms with E-state index < -0.39 is 0 Å². The molecule has 0 saturated carbocycles. The van der Waals surface area contributed by atoms with Crippen molar-refractivity contribution in [1.29, 1.82) is 0 Å². The number of hydrogen-bond acceptors (Lipinski definition) is 3. The molecule has 7 aromatic rings. The highest BCUT2D eigenvalue weighted by Crippen LogP contribution is 2.44. The summed E-state index contributed by atoms with van der Waals surface area (Å²) in [7, 11) is 1.72. The van der Waals surface area contributed by atoms with Crippen LogP contribution in [0.5, 0.6) is 5.75 Å². The molecular weight excluding hydrogens is 901 g/mol. The summed E-state index contributed by atoms with van der Waals surface area (Å²) in [5.74, 6) is 0.801. The second-order valence-electron chi connectivity index (χ2n) is 27.1. The second-order valence-corrected chi connectivity index (χ2v) is 27.1. The summed E-state index contributed by atoms with van der Waals surface area (Å²) in [4.78, 5) is 19.6. The molecule has 8 bridgehead atoms. The molecule has 5 heteroatoms. The van der Waals surface area contributed by atoms with Crippen LogP contribution in [-0.4, -0.2) is 27.0 Å². The summed E-state index contributed by atoms with van der Waals surface area (Å²) in [6.45, 7) is 41.6. The third kappa shape index (κ3) is 10.4. The van der Waals surface area contributed by atoms with Crippen molar-refractivity contribution in [3.63, 3.8) is 0 Å². The number of ether oxygens (including phenoxy) is 1. The molecule has 4 aromatic carbocycles. The van der Waals surface area contributed by atoms with E-state index in [9.17, 15) is 0 Å². The van der Waals surface area contributed by atoms with Gasteiger partial charge in [0.2, 0.25) is 0 Å². The summed E-state index contributed by atoms with van der Waals surface area (Å²) in [6, 6.07) is 38.9. The number of hydrogen-bond donors (Lipinski definition) is 2. The van der Waals surface area contributed by atoms with Gasteiger partial charge in [0, 0.05) is 44.3 Å². The van der Waals surface area contributed by atoms with Crippen LogP contribution in [-0.2, 0) is 32.5 Å². The first kappa shape index (κ1) is 52.2. The van der Waals surface area contributed by atoms with Crippen molar-refractivity contribution < 1.29 is 4.74 Å². The largest absolute Gasteiger partial charge is 0.497 e. The molecule has 0 aliphatic carbocycles. The van der Waals surface area contributed by atoms with E-state index in [0.717, 1.165) is 95.1 Å². The Morgan fingerprint density at radius 1 is 0.297 bits per heavy atom. The van der Waals surface area contributed by atoms with Gasteiger partial charge >= 0.3 is 0 Å². The molecule has 0 saturated heterocycles. The van der Waals surface area contributed by atoms with Crippen molar-refractivity contribution in [2.24, 2.45) is 0 Å². The van der Waals surface area contributed by atoms with Crippen LogP contribution in [0.2, 0.25) is 0 Å². The van der Waals surface area contributed by atoms with Gasteiger partial charge in [0.1, 0.15) is 5.75 Å². The molecule has 0 amide bonds. The first-order chi connectivity index (χ1) is 34.4. The number of benzene rings is 4. The molecule has 0 unspecified atom stereocenters. The van der Waals surface area contributed by atoms with Crippen molar-refractivity contribution in [3.05, 3.63) is 159 Å². The highest BCUT2D eigenvalue weighted by atomic mass is 16.5. The van der Waals surface area contributed by atoms with E-state index in [0.29, 0.717) is 0 Å². The number of rotatable bonds is 5. The SMILES string of the molecule is COc1ccc(-c2c3nc(c(-c4cc(C(C)(C)C)cc(C(C)(C)C)c4)c4ccc([nH]4)c(-c4cc(C(C)(C)C)cc(C(C)(C)C)c4)c4nc(c(-c5cc(C(C)(C)C)cc(C(C)(C)C)c5)c5ccc2[nH]5)C=C4)C=C3)cc1. The number of fused-ring (bicyclic) bond motifs is 8. The molecule has 0 fully saturated rings. The zero-order valence-corrected chi connectivity index (χ0v) is 47.9. The van der Waals surface area contributed by atoms with Gasteiger partial charge in [-0.25, -0.2) is 9.97 Å². The normalized spacial score (nSPS) is 13.5. The first-order valence-electron chi connectivity index (χ1n) is 26.7. The van der Waals surface area contributed by atoms with Crippen LogP contribution in [0.15, 0.2) is 103 Å². The van der Waals surface area contributed by atoms with E-state index in [-0.39, 0.29) is 32.5 Å². The van der Waals surface area contributed by atoms with Crippen molar-refractivity contribution in [1.82, 2.24) is 19.9 Å². The maximum absolute atomic E-state index is 5.80. The maximum Gasteiger partial charge on any atom is 0.118 e. The molecule has 2 N–H and O–H groups in total. The van der Waals surface area contributed by atoms with Crippen LogP contribution >= 0.6 is 0 Å². The van der Waals surface area contributed by atoms with Crippen molar-refractivity contribution in [3.8, 4) is 50.3 Å². The van der Waals surface area contributed by atoms with Gasteiger partial charge < -0.3 is 14.7 Å². The fraction of sp³-hybridized carbons (Fsp3) is 0.362. The summed E-state index contributed by atoms with van der Waals surface area (Å²) in [6.07, 6.45) is 8.86. The Bertz CT molecular complexity index is 3390. The Kier molecular flexibility index (Phi) is 12.9. The van der Waals surface area contributed by atoms with E-state index in [1.54, 1.807) is 7.11 Å². The summed E-state index contributed by atoms with van der Waals surface area (Å²) in [5, 5.41) is 0. The lowest BCUT2D eigenvalue weighted by atomic mass is 9.78. The van der Waals surface area contributed by atoms with E-state index in [1.165, 1.54) is 33.4 Å². The number of aromatic nitrogens is 4. The quantitative estimate of drug-likeness (QED) is 0.181. The van der Waals surface area contributed by atoms with Crippen molar-refractivity contribution in [2.75, 3.05) is 7.11 Å². The average molecular weight is 981 g/mol. The lowest BCUT2D eigenvalue weighted by Crippen LogP contribution is -2.16. The van der Waals surface area contributed by atoms with Crippen LogP contribution in [0.4, 0.5) is 0 Å². The van der Waals surface area contributed by atoms with Crippen molar-refractivity contribution >= 4 is 46.4 Å². The van der Waals surface area contributed by atoms with Gasteiger partial charge in [-0.05, 0) is 149 Å². The van der Waals surface area contributed by atoms with Gasteiger partial charge in [0.05, 0.1) is 29.9 Å². The predicted octanol–water partition coefficient (Wildman–Crippen LogP) is 19.1. The summed E-state index contributed by atoms with van der Waals surface area (Å²) in [5.41, 5.74) is 23.2. The van der Waals surface area contributed by atoms with Gasteiger partial charge in [-0.2, -0.15) is 0 Å². The van der Waals surface area contributed by atoms with Crippen LogP contribution in [0.1, 0.15) is 181 Å². The Hall–Kier alpha value is -6.72. The fourth-order valence-electron chi connectivity index (χ4n) is 10.1. The Labute approximate surface area is 442 Å². The van der Waals surface area contributed by atoms with Gasteiger partial charge in [0.15, 0.2) is 0 Å². The van der Waals surface area contributed by atoms with Crippen LogP contribution in [0.3, 0.4) is 0 Å². The highest BCUT2D eigenvalue weighted by molar-refractivity contribution is 6.00. The van der Waals surface area contributed by atoms with Gasteiger partial charge in [-0.15, -0.1) is 0 Å². The number of aromatic amines is 2. The lowest BCUT2D eigenvalue weighted by molar-refractivity contribution is 0.415. The third-order valence-electron chi connectivity index (χ3n) is 15.0. The van der Waals surface area contributed by atoms with E-state index in [1.807, 2.05) is 12.1 Å². The molecule has 3 aromatic heterocycles. The molecule has 5 heterocycles. The van der Waals surface area contributed by atoms with Crippen molar-refractivity contribution in [2.45, 2.75) is 157 Å². The lowest BCUT2D eigenvalue weighted by Gasteiger charge is -2.26. The maximum atomic E-state index is 5.80. The molecule has 0 atom stereocenters. The van der Waals surface area contributed by atoms with E-state index in [4.69, 9.17) is 14.7 Å². The topological polar surface area (TPSA) is 66.6 Å². The Balaban J connectivity index is 1.52. The van der Waals surface area contributed by atoms with E-state index in [2.05, 4.69) is 250 Å². The molecule has 9 rings (SSSR count). The number of nitrogens with zero attached hydrogens (tertiary/aromatic N) is 2. The molecule has 2 aliphatic rings. The number of H-pyrrole nitrogens is 2. The zero-order chi connectivity index (χ0) is 53.7. The van der Waals surface area contributed by atoms with Gasteiger partial charge in [-0.3, -0.25) is 0 Å². The Morgan fingerprint density at radius 3 is 0.743 bits per heavy atom. The second kappa shape index (κ2) is 18.3. The van der Waals surface area contributed by atoms with Crippen LogP contribution in [0.25, 0.3) is 90.9 Å². The monoisotopic (exact) mass is 981 g/mol. The zero-order valence-electron chi connectivity index (χ0n) is 47.9. The highest BCUT2D eigenvalue weighted by Gasteiger charge is 2.28. The summed E-state index contributed by atoms with van der Waals surface area (Å²) >= 11 is 0. The molecule has 0 radical (unpaired) electrons. The van der Waals surface area contributed by atoms with E-state index >= 15 is 0 Å². The minimum atomic E-state index is -0.0951. The minimum absolute atomic E-state index is 0.0930. The standard InChI is InChI=1S/C69H80N4O/c1-64(2,3)45-32-42(33-46(38-45)65(4,5)6)61-54-26-24-52(70-54)60(41-20-22-51(74-19)23-21-41)53-25-27-55(71-53)62(43-34-47(66(7,8)9)39-48(35-43)67(10,11)12)57-29-31-59(73-57)63(58-30-28-56(61)72-58)44-36-49(68(13,14)15)40-50(37-44)69(16,17)18/h20-40,70,73H,1-19H3. The molecule has 74 heavy (non-hydrogen) atoms. The van der Waals surface area contributed by atoms with Crippen LogP contribution < -0.4 is 4.74 Å². The molecule has 0 spiro atoms. The molecule has 5 nitrogen and oxygen atoms in total. The van der Waals surface area contributed by atoms with Gasteiger partial charge in [0.25, 0.3) is 0 Å². The number of nitrogens with one attached hydrogen (secondary N) is 2. The van der Waals surface area contributed by atoms with Crippen LogP contribution in [0, 0.1) is 0 Å². The first-order valence-corrected chi connectivity index (χ1v) is 26.7. The van der Waals surface area contributed by atoms with Gasteiger partial charge in [-0.1, -0.05) is 191 Å². The molecule has 2 aliphatic heterocycles. The Morgan fingerprint density at radius 2 is 0.527 bits per heavy atom. The predicted molar refractivity (Wildman–Crippen MR) is 319 cm³/mol. The average Bonchev–Trinajstić information content (AvgIpc) is 4.16. The smallest absolute Gasteiger partial charge is 0.118 e. The fourth-order valence-corrected chi connectivity index (χ4v) is 10.1.